The maximum atomic E-state index is 12.2. The molecule has 2 N–H and O–H groups in total. The van der Waals surface area contributed by atoms with Gasteiger partial charge in [-0.05, 0) is 48.6 Å². The molecule has 1 aromatic carbocycles. The maximum Gasteiger partial charge on any atom is 0.250 e. The summed E-state index contributed by atoms with van der Waals surface area (Å²) in [5.74, 6) is 0. The van der Waals surface area contributed by atoms with Crippen molar-refractivity contribution in [3.05, 3.63) is 51.9 Å². The fourth-order valence-corrected chi connectivity index (χ4v) is 4.65. The molecule has 0 saturated heterocycles. The van der Waals surface area contributed by atoms with Gasteiger partial charge in [-0.2, -0.15) is 0 Å². The van der Waals surface area contributed by atoms with Gasteiger partial charge in [0.1, 0.15) is 9.81 Å². The van der Waals surface area contributed by atoms with Crippen LogP contribution in [0.3, 0.4) is 0 Å². The van der Waals surface area contributed by atoms with Crippen LogP contribution in [0.4, 0.5) is 0 Å². The Balaban J connectivity index is 2.17. The van der Waals surface area contributed by atoms with Gasteiger partial charge in [0.25, 0.3) is 0 Å². The quantitative estimate of drug-likeness (QED) is 0.875. The minimum atomic E-state index is -3.62. The van der Waals surface area contributed by atoms with Crippen LogP contribution in [-0.4, -0.2) is 20.1 Å². The van der Waals surface area contributed by atoms with Crippen molar-refractivity contribution in [3.63, 3.8) is 0 Å². The number of nitrogens with one attached hydrogen (secondary N) is 1. The molecule has 21 heavy (non-hydrogen) atoms. The van der Waals surface area contributed by atoms with Gasteiger partial charge >= 0.3 is 0 Å². The van der Waals surface area contributed by atoms with Crippen LogP contribution in [0, 0.1) is 6.92 Å². The smallest absolute Gasteiger partial charge is 0.250 e. The summed E-state index contributed by atoms with van der Waals surface area (Å²) in [6.07, 6.45) is 0. The molecule has 0 fully saturated rings. The van der Waals surface area contributed by atoms with Crippen molar-refractivity contribution < 1.29 is 13.5 Å². The molecule has 2 rings (SSSR count). The third-order valence-electron chi connectivity index (χ3n) is 3.11. The average molecular weight is 346 g/mol. The SMILES string of the molecule is Cc1ccsc1S(=O)(=O)NCC(C)(O)c1cccc(Cl)c1. The molecular formula is C14H16ClNO3S2. The fourth-order valence-electron chi connectivity index (χ4n) is 1.86. The average Bonchev–Trinajstić information content (AvgIpc) is 2.84. The third kappa shape index (κ3) is 3.84. The van der Waals surface area contributed by atoms with Crippen LogP contribution >= 0.6 is 22.9 Å². The lowest BCUT2D eigenvalue weighted by Crippen LogP contribution is -2.38. The summed E-state index contributed by atoms with van der Waals surface area (Å²) in [4.78, 5) is 0. The molecule has 0 amide bonds. The Morgan fingerprint density at radius 2 is 2.10 bits per heavy atom. The van der Waals surface area contributed by atoms with Crippen molar-refractivity contribution in [2.45, 2.75) is 23.7 Å². The van der Waals surface area contributed by atoms with E-state index in [0.717, 1.165) is 11.3 Å². The fraction of sp³-hybridized carbons (Fsp3) is 0.286. The topological polar surface area (TPSA) is 66.4 Å². The van der Waals surface area contributed by atoms with E-state index < -0.39 is 15.6 Å². The number of aryl methyl sites for hydroxylation is 1. The summed E-state index contributed by atoms with van der Waals surface area (Å²) in [5, 5.41) is 12.7. The lowest BCUT2D eigenvalue weighted by atomic mass is 9.96. The second-order valence-electron chi connectivity index (χ2n) is 5.00. The molecule has 0 spiro atoms. The van der Waals surface area contributed by atoms with Gasteiger partial charge in [0.05, 0.1) is 0 Å². The van der Waals surface area contributed by atoms with Gasteiger partial charge in [-0.1, -0.05) is 23.7 Å². The summed E-state index contributed by atoms with van der Waals surface area (Å²) in [6, 6.07) is 8.47. The van der Waals surface area contributed by atoms with Crippen molar-refractivity contribution in [3.8, 4) is 0 Å². The number of sulfonamides is 1. The Hall–Kier alpha value is -0.920. The van der Waals surface area contributed by atoms with E-state index in [1.54, 1.807) is 49.6 Å². The van der Waals surface area contributed by atoms with E-state index in [2.05, 4.69) is 4.72 Å². The van der Waals surface area contributed by atoms with Crippen LogP contribution in [0.2, 0.25) is 5.02 Å². The van der Waals surface area contributed by atoms with E-state index in [1.165, 1.54) is 0 Å². The molecule has 1 aromatic heterocycles. The monoisotopic (exact) mass is 345 g/mol. The Kier molecular flexibility index (Phi) is 4.75. The Bertz CT molecular complexity index is 738. The largest absolute Gasteiger partial charge is 0.384 e. The molecule has 1 unspecified atom stereocenters. The highest BCUT2D eigenvalue weighted by molar-refractivity contribution is 7.91. The van der Waals surface area contributed by atoms with Crippen LogP contribution in [0.25, 0.3) is 0 Å². The highest BCUT2D eigenvalue weighted by atomic mass is 35.5. The number of rotatable bonds is 5. The van der Waals surface area contributed by atoms with Gasteiger partial charge in [-0.25, -0.2) is 13.1 Å². The van der Waals surface area contributed by atoms with Gasteiger partial charge in [-0.3, -0.25) is 0 Å². The van der Waals surface area contributed by atoms with Crippen molar-refractivity contribution in [2.24, 2.45) is 0 Å². The lowest BCUT2D eigenvalue weighted by molar-refractivity contribution is 0.0627. The molecule has 0 radical (unpaired) electrons. The standard InChI is InChI=1S/C14H16ClNO3S2/c1-10-6-7-20-13(10)21(18,19)16-9-14(2,17)11-4-3-5-12(15)8-11/h3-8,16-17H,9H2,1-2H3. The summed E-state index contributed by atoms with van der Waals surface area (Å²) >= 11 is 7.05. The van der Waals surface area contributed by atoms with E-state index in [0.29, 0.717) is 16.1 Å². The van der Waals surface area contributed by atoms with E-state index in [9.17, 15) is 13.5 Å². The van der Waals surface area contributed by atoms with E-state index >= 15 is 0 Å². The zero-order chi connectivity index (χ0) is 15.7. The first-order valence-corrected chi connectivity index (χ1v) is 8.99. The highest BCUT2D eigenvalue weighted by Crippen LogP contribution is 2.25. The lowest BCUT2D eigenvalue weighted by Gasteiger charge is -2.24. The van der Waals surface area contributed by atoms with Crippen molar-refractivity contribution in [1.29, 1.82) is 0 Å². The Morgan fingerprint density at radius 1 is 1.38 bits per heavy atom. The number of thiophene rings is 1. The summed E-state index contributed by atoms with van der Waals surface area (Å²) in [7, 11) is -3.62. The second kappa shape index (κ2) is 6.06. The maximum absolute atomic E-state index is 12.2. The van der Waals surface area contributed by atoms with Gasteiger partial charge in [0, 0.05) is 11.6 Å². The van der Waals surface area contributed by atoms with Crippen LogP contribution < -0.4 is 4.72 Å². The minimum absolute atomic E-state index is 0.132. The molecule has 1 atom stereocenters. The second-order valence-corrected chi connectivity index (χ2v) is 8.31. The zero-order valence-electron chi connectivity index (χ0n) is 11.6. The first-order chi connectivity index (χ1) is 9.72. The van der Waals surface area contributed by atoms with Gasteiger partial charge in [-0.15, -0.1) is 11.3 Å². The Morgan fingerprint density at radius 3 is 2.67 bits per heavy atom. The summed E-state index contributed by atoms with van der Waals surface area (Å²) < 4.78 is 27.2. The number of hydrogen-bond acceptors (Lipinski definition) is 4. The van der Waals surface area contributed by atoms with Crippen LogP contribution in [0.15, 0.2) is 39.9 Å². The van der Waals surface area contributed by atoms with Gasteiger partial charge in [0.2, 0.25) is 10.0 Å². The first kappa shape index (κ1) is 16.5. The van der Waals surface area contributed by atoms with Crippen LogP contribution in [-0.2, 0) is 15.6 Å². The number of benzene rings is 1. The molecule has 1 heterocycles. The van der Waals surface area contributed by atoms with Crippen LogP contribution in [0.5, 0.6) is 0 Å². The summed E-state index contributed by atoms with van der Waals surface area (Å²) in [6.45, 7) is 3.15. The molecule has 0 aliphatic heterocycles. The molecule has 0 saturated carbocycles. The normalized spacial score (nSPS) is 14.9. The summed E-state index contributed by atoms with van der Waals surface area (Å²) in [5.41, 5.74) is -0.0983. The molecule has 0 aliphatic rings. The molecule has 4 nitrogen and oxygen atoms in total. The molecule has 7 heteroatoms. The molecule has 0 aliphatic carbocycles. The van der Waals surface area contributed by atoms with E-state index in [4.69, 9.17) is 11.6 Å². The number of aliphatic hydroxyl groups is 1. The van der Waals surface area contributed by atoms with E-state index in [-0.39, 0.29) is 10.8 Å². The molecule has 2 aromatic rings. The Labute approximate surface area is 133 Å². The molecule has 114 valence electrons. The zero-order valence-corrected chi connectivity index (χ0v) is 14.0. The van der Waals surface area contributed by atoms with Crippen molar-refractivity contribution >= 4 is 33.0 Å². The number of halogens is 1. The van der Waals surface area contributed by atoms with Crippen LogP contribution in [0.1, 0.15) is 18.1 Å². The molecular weight excluding hydrogens is 330 g/mol. The molecule has 0 bridgehead atoms. The van der Waals surface area contributed by atoms with Crippen molar-refractivity contribution in [1.82, 2.24) is 4.72 Å². The number of hydrogen-bond donors (Lipinski definition) is 2. The van der Waals surface area contributed by atoms with Gasteiger partial charge < -0.3 is 5.11 Å². The first-order valence-electron chi connectivity index (χ1n) is 6.24. The minimum Gasteiger partial charge on any atom is -0.384 e. The predicted molar refractivity (Wildman–Crippen MR) is 85.3 cm³/mol. The van der Waals surface area contributed by atoms with Gasteiger partial charge in [0.15, 0.2) is 0 Å². The van der Waals surface area contributed by atoms with Crippen molar-refractivity contribution in [2.75, 3.05) is 6.54 Å². The van der Waals surface area contributed by atoms with E-state index in [1.807, 2.05) is 0 Å². The predicted octanol–water partition coefficient (Wildman–Crippen LogP) is 2.90. The third-order valence-corrected chi connectivity index (χ3v) is 6.44. The highest BCUT2D eigenvalue weighted by Gasteiger charge is 2.27.